The van der Waals surface area contributed by atoms with Crippen molar-refractivity contribution in [2.45, 2.75) is 63.0 Å². The maximum absolute atomic E-state index is 14.3. The van der Waals surface area contributed by atoms with Crippen molar-refractivity contribution in [3.63, 3.8) is 0 Å². The Labute approximate surface area is 161 Å². The summed E-state index contributed by atoms with van der Waals surface area (Å²) in [7, 11) is 0. The van der Waals surface area contributed by atoms with Gasteiger partial charge in [-0.1, -0.05) is 0 Å². The lowest BCUT2D eigenvalue weighted by Gasteiger charge is -2.44. The van der Waals surface area contributed by atoms with Crippen LogP contribution in [0.25, 0.3) is 0 Å². The highest BCUT2D eigenvalue weighted by Crippen LogP contribution is 2.39. The number of hydrogen-bond donors (Lipinski definition) is 3. The molecule has 4 fully saturated rings. The van der Waals surface area contributed by atoms with E-state index in [0.717, 1.165) is 58.6 Å². The van der Waals surface area contributed by atoms with Crippen LogP contribution in [0.5, 0.6) is 0 Å². The number of fused-ring (bicyclic) bond motifs is 5. The van der Waals surface area contributed by atoms with Crippen LogP contribution in [-0.2, 0) is 4.74 Å². The fourth-order valence-electron chi connectivity index (χ4n) is 5.84. The molecule has 0 radical (unpaired) electrons. The van der Waals surface area contributed by atoms with E-state index >= 15 is 0 Å². The van der Waals surface area contributed by atoms with Gasteiger partial charge < -0.3 is 20.3 Å². The summed E-state index contributed by atoms with van der Waals surface area (Å²) in [6, 6.07) is 0.410. The zero-order chi connectivity index (χ0) is 18.2. The molecule has 5 rings (SSSR count). The molecular formula is C20H34FN5O. The Balaban J connectivity index is 1.40. The van der Waals surface area contributed by atoms with Gasteiger partial charge in [0, 0.05) is 50.7 Å². The van der Waals surface area contributed by atoms with Gasteiger partial charge in [-0.3, -0.25) is 5.43 Å². The number of halogens is 1. The van der Waals surface area contributed by atoms with Crippen LogP contribution in [0, 0.1) is 11.8 Å². The maximum atomic E-state index is 14.3. The number of rotatable bonds is 0. The van der Waals surface area contributed by atoms with Crippen LogP contribution in [-0.4, -0.2) is 73.7 Å². The fourth-order valence-corrected chi connectivity index (χ4v) is 5.84. The highest BCUT2D eigenvalue weighted by molar-refractivity contribution is 5.12. The minimum atomic E-state index is -0.662. The summed E-state index contributed by atoms with van der Waals surface area (Å²) in [5.74, 6) is 2.13. The van der Waals surface area contributed by atoms with Gasteiger partial charge in [0.2, 0.25) is 0 Å². The number of nitrogens with zero attached hydrogens (tertiary/aromatic N) is 2. The molecule has 27 heavy (non-hydrogen) atoms. The molecule has 6 nitrogen and oxygen atoms in total. The molecule has 6 atom stereocenters. The lowest BCUT2D eigenvalue weighted by molar-refractivity contribution is -0.0516. The molecule has 4 heterocycles. The fraction of sp³-hybridized carbons (Fsp3) is 0.900. The monoisotopic (exact) mass is 379 g/mol. The lowest BCUT2D eigenvalue weighted by atomic mass is 9.79. The Morgan fingerprint density at radius 3 is 3.07 bits per heavy atom. The van der Waals surface area contributed by atoms with Crippen LogP contribution in [0.15, 0.2) is 11.9 Å². The second kappa shape index (κ2) is 7.85. The van der Waals surface area contributed by atoms with Gasteiger partial charge in [0.25, 0.3) is 0 Å². The third kappa shape index (κ3) is 3.59. The smallest absolute Gasteiger partial charge is 0.101 e. The molecule has 1 aliphatic carbocycles. The summed E-state index contributed by atoms with van der Waals surface area (Å²) in [4.78, 5) is 2.55. The quantitative estimate of drug-likeness (QED) is 0.588. The van der Waals surface area contributed by atoms with Crippen molar-refractivity contribution in [2.24, 2.45) is 11.8 Å². The first-order chi connectivity index (χ1) is 13.3. The Morgan fingerprint density at radius 2 is 2.11 bits per heavy atom. The van der Waals surface area contributed by atoms with Crippen molar-refractivity contribution in [3.8, 4) is 0 Å². The first-order valence-corrected chi connectivity index (χ1v) is 11.0. The lowest BCUT2D eigenvalue weighted by Crippen LogP contribution is -2.56. The first kappa shape index (κ1) is 18.2. The molecule has 5 unspecified atom stereocenters. The Morgan fingerprint density at radius 1 is 1.15 bits per heavy atom. The van der Waals surface area contributed by atoms with Gasteiger partial charge in [0.15, 0.2) is 0 Å². The average Bonchev–Trinajstić information content (AvgIpc) is 3.31. The van der Waals surface area contributed by atoms with Crippen LogP contribution < -0.4 is 16.1 Å². The standard InChI is InChI=1S/C20H34FN5O/c21-15-4-5-18-16(11-15)17-3-1-8-25(17)19-6-9-26-20(24-19)14(13-23-26)12-22-7-2-10-27-18/h6,14-18,20,22-24H,1-5,7-13H2/t14?,15?,16?,17-,18?,20?/m1/s1. The van der Waals surface area contributed by atoms with E-state index in [1.807, 2.05) is 0 Å². The molecule has 3 saturated heterocycles. The minimum Gasteiger partial charge on any atom is -0.378 e. The van der Waals surface area contributed by atoms with Gasteiger partial charge in [0.05, 0.1) is 12.3 Å². The molecule has 0 spiro atoms. The maximum Gasteiger partial charge on any atom is 0.101 e. The van der Waals surface area contributed by atoms with Crippen LogP contribution in [0.3, 0.4) is 0 Å². The molecule has 0 aromatic rings. The van der Waals surface area contributed by atoms with Gasteiger partial charge in [-0.2, -0.15) is 0 Å². The molecule has 5 aliphatic rings. The van der Waals surface area contributed by atoms with Crippen LogP contribution in [0.2, 0.25) is 0 Å². The number of nitrogens with one attached hydrogen (secondary N) is 3. The largest absolute Gasteiger partial charge is 0.378 e. The zero-order valence-electron chi connectivity index (χ0n) is 16.2. The predicted molar refractivity (Wildman–Crippen MR) is 102 cm³/mol. The normalized spacial score (nSPS) is 43.3. The molecule has 0 aromatic carbocycles. The van der Waals surface area contributed by atoms with E-state index in [4.69, 9.17) is 4.74 Å². The molecule has 0 aromatic heterocycles. The van der Waals surface area contributed by atoms with Crippen LogP contribution in [0.1, 0.15) is 38.5 Å². The molecule has 4 aliphatic heterocycles. The van der Waals surface area contributed by atoms with E-state index in [9.17, 15) is 4.39 Å². The summed E-state index contributed by atoms with van der Waals surface area (Å²) in [5, 5.41) is 9.77. The summed E-state index contributed by atoms with van der Waals surface area (Å²) in [5.41, 5.74) is 3.54. The van der Waals surface area contributed by atoms with E-state index in [1.165, 1.54) is 12.2 Å². The SMILES string of the molecule is FC1CCC2OCCCNCC3CNN4CC=C(NC34)N3CCC[C@@H]3C2C1. The highest BCUT2D eigenvalue weighted by Gasteiger charge is 2.44. The first-order valence-electron chi connectivity index (χ1n) is 11.0. The van der Waals surface area contributed by atoms with Crippen molar-refractivity contribution < 1.29 is 9.13 Å². The number of hydrazine groups is 1. The second-order valence-corrected chi connectivity index (χ2v) is 8.90. The summed E-state index contributed by atoms with van der Waals surface area (Å²) in [6.07, 6.45) is 7.80. The summed E-state index contributed by atoms with van der Waals surface area (Å²) < 4.78 is 20.6. The third-order valence-electron chi connectivity index (χ3n) is 7.23. The Kier molecular flexibility index (Phi) is 5.28. The molecule has 1 saturated carbocycles. The van der Waals surface area contributed by atoms with E-state index in [2.05, 4.69) is 32.0 Å². The molecular weight excluding hydrogens is 345 g/mol. The van der Waals surface area contributed by atoms with Gasteiger partial charge in [-0.25, -0.2) is 9.40 Å². The molecule has 0 amide bonds. The van der Waals surface area contributed by atoms with E-state index in [1.54, 1.807) is 0 Å². The Bertz CT molecular complexity index is 560. The summed E-state index contributed by atoms with van der Waals surface area (Å²) in [6.45, 7) is 5.82. The highest BCUT2D eigenvalue weighted by atomic mass is 19.1. The third-order valence-corrected chi connectivity index (χ3v) is 7.23. The van der Waals surface area contributed by atoms with Crippen LogP contribution in [0.4, 0.5) is 4.39 Å². The van der Waals surface area contributed by atoms with Crippen LogP contribution >= 0.6 is 0 Å². The summed E-state index contributed by atoms with van der Waals surface area (Å²) >= 11 is 0. The van der Waals surface area contributed by atoms with Gasteiger partial charge in [0.1, 0.15) is 12.0 Å². The molecule has 152 valence electrons. The van der Waals surface area contributed by atoms with E-state index in [0.29, 0.717) is 36.9 Å². The number of ether oxygens (including phenoxy) is 1. The van der Waals surface area contributed by atoms with Crippen molar-refractivity contribution in [1.29, 1.82) is 0 Å². The van der Waals surface area contributed by atoms with E-state index < -0.39 is 6.17 Å². The second-order valence-electron chi connectivity index (χ2n) is 8.90. The number of hydrogen-bond acceptors (Lipinski definition) is 6. The topological polar surface area (TPSA) is 51.8 Å². The van der Waals surface area contributed by atoms with Gasteiger partial charge >= 0.3 is 0 Å². The van der Waals surface area contributed by atoms with E-state index in [-0.39, 0.29) is 6.10 Å². The average molecular weight is 380 g/mol. The van der Waals surface area contributed by atoms with Crippen molar-refractivity contribution in [2.75, 3.05) is 39.3 Å². The number of alkyl halides is 1. The predicted octanol–water partition coefficient (Wildman–Crippen LogP) is 1.17. The molecule has 7 heteroatoms. The van der Waals surface area contributed by atoms with Crippen molar-refractivity contribution in [1.82, 2.24) is 26.0 Å². The molecule has 3 N–H and O–H groups in total. The van der Waals surface area contributed by atoms with Gasteiger partial charge in [-0.05, 0) is 51.1 Å². The van der Waals surface area contributed by atoms with Crippen molar-refractivity contribution >= 4 is 0 Å². The minimum absolute atomic E-state index is 0.215. The van der Waals surface area contributed by atoms with Crippen molar-refractivity contribution in [3.05, 3.63) is 11.9 Å². The molecule has 2 bridgehead atoms. The van der Waals surface area contributed by atoms with Gasteiger partial charge in [-0.15, -0.1) is 0 Å². The Hall–Kier alpha value is -0.890. The zero-order valence-corrected chi connectivity index (χ0v) is 16.2.